The zero-order valence-electron chi connectivity index (χ0n) is 17.0. The number of ether oxygens (including phenoxy) is 3. The number of carbonyl (C=O) groups excluding carboxylic acids is 2. The van der Waals surface area contributed by atoms with Gasteiger partial charge in [-0.1, -0.05) is 11.3 Å². The van der Waals surface area contributed by atoms with E-state index in [4.69, 9.17) is 14.2 Å². The normalized spacial score (nSPS) is 11.4. The second-order valence-electron chi connectivity index (χ2n) is 6.17. The smallest absolute Gasteiger partial charge is 0.326 e. The van der Waals surface area contributed by atoms with Crippen LogP contribution in [0.15, 0.2) is 41.4 Å². The van der Waals surface area contributed by atoms with Crippen LogP contribution < -0.4 is 14.3 Å². The lowest BCUT2D eigenvalue weighted by Crippen LogP contribution is -2.23. The molecule has 2 aromatic carbocycles. The van der Waals surface area contributed by atoms with Crippen molar-refractivity contribution in [3.63, 3.8) is 0 Å². The van der Waals surface area contributed by atoms with Crippen molar-refractivity contribution in [1.29, 1.82) is 0 Å². The van der Waals surface area contributed by atoms with Gasteiger partial charge in [0.25, 0.3) is 11.6 Å². The van der Waals surface area contributed by atoms with E-state index in [0.29, 0.717) is 21.7 Å². The molecule has 162 valence electrons. The first-order chi connectivity index (χ1) is 14.9. The van der Waals surface area contributed by atoms with E-state index < -0.39 is 16.8 Å². The Morgan fingerprint density at radius 2 is 1.87 bits per heavy atom. The molecule has 0 bridgehead atoms. The van der Waals surface area contributed by atoms with Crippen molar-refractivity contribution >= 4 is 39.1 Å². The summed E-state index contributed by atoms with van der Waals surface area (Å²) in [5, 5.41) is 11.2. The first kappa shape index (κ1) is 22.0. The van der Waals surface area contributed by atoms with Crippen LogP contribution in [-0.4, -0.2) is 42.2 Å². The number of non-ortho nitro benzene ring substituents is 1. The molecule has 0 aliphatic heterocycles. The Morgan fingerprint density at radius 1 is 1.13 bits per heavy atom. The highest BCUT2D eigenvalue weighted by Crippen LogP contribution is 2.28. The number of esters is 1. The third-order valence-corrected chi connectivity index (χ3v) is 5.36. The van der Waals surface area contributed by atoms with Gasteiger partial charge in [-0.25, -0.2) is 0 Å². The number of rotatable bonds is 7. The summed E-state index contributed by atoms with van der Waals surface area (Å²) in [6, 6.07) is 8.88. The van der Waals surface area contributed by atoms with Crippen molar-refractivity contribution in [3.05, 3.63) is 56.9 Å². The molecule has 0 spiro atoms. The molecule has 1 aromatic heterocycles. The third kappa shape index (κ3) is 4.72. The van der Waals surface area contributed by atoms with Crippen molar-refractivity contribution in [2.24, 2.45) is 4.99 Å². The van der Waals surface area contributed by atoms with Crippen molar-refractivity contribution in [3.8, 4) is 11.5 Å². The number of hydrogen-bond acceptors (Lipinski definition) is 8. The number of methoxy groups -OCH3 is 2. The topological polar surface area (TPSA) is 122 Å². The Balaban J connectivity index is 2.13. The number of aromatic nitrogens is 1. The van der Waals surface area contributed by atoms with Gasteiger partial charge < -0.3 is 18.8 Å². The fourth-order valence-electron chi connectivity index (χ4n) is 2.87. The number of nitrogens with zero attached hydrogens (tertiary/aromatic N) is 3. The van der Waals surface area contributed by atoms with Crippen LogP contribution in [-0.2, 0) is 16.1 Å². The molecule has 3 aromatic rings. The summed E-state index contributed by atoms with van der Waals surface area (Å²) in [6.45, 7) is 1.61. The zero-order chi connectivity index (χ0) is 22.5. The predicted molar refractivity (Wildman–Crippen MR) is 113 cm³/mol. The minimum Gasteiger partial charge on any atom is -0.493 e. The number of fused-ring (bicyclic) bond motifs is 1. The molecule has 0 aliphatic carbocycles. The van der Waals surface area contributed by atoms with Crippen molar-refractivity contribution in [2.75, 3.05) is 20.8 Å². The Kier molecular flexibility index (Phi) is 6.65. The Morgan fingerprint density at radius 3 is 2.52 bits per heavy atom. The molecule has 0 radical (unpaired) electrons. The summed E-state index contributed by atoms with van der Waals surface area (Å²) in [4.78, 5) is 39.9. The SMILES string of the molecule is CCOC(=O)Cn1c(=NC(=O)c2ccc(OC)c(OC)c2)sc2ccc([N+](=O)[O-])cc21. The average molecular weight is 445 g/mol. The van der Waals surface area contributed by atoms with Gasteiger partial charge in [0, 0.05) is 17.7 Å². The lowest BCUT2D eigenvalue weighted by molar-refractivity contribution is -0.384. The number of thiazole rings is 1. The Labute approximate surface area is 180 Å². The van der Waals surface area contributed by atoms with Crippen LogP contribution in [0.1, 0.15) is 17.3 Å². The van der Waals surface area contributed by atoms with Crippen molar-refractivity contribution < 1.29 is 28.7 Å². The number of benzene rings is 2. The van der Waals surface area contributed by atoms with Crippen LogP contribution >= 0.6 is 11.3 Å². The summed E-state index contributed by atoms with van der Waals surface area (Å²) < 4.78 is 17.5. The highest BCUT2D eigenvalue weighted by Gasteiger charge is 2.17. The van der Waals surface area contributed by atoms with Gasteiger partial charge >= 0.3 is 5.97 Å². The minimum atomic E-state index is -0.570. The quantitative estimate of drug-likeness (QED) is 0.311. The number of nitro benzene ring substituents is 1. The van der Waals surface area contributed by atoms with Crippen LogP contribution in [0.5, 0.6) is 11.5 Å². The summed E-state index contributed by atoms with van der Waals surface area (Å²) in [6.07, 6.45) is 0. The zero-order valence-corrected chi connectivity index (χ0v) is 17.8. The minimum absolute atomic E-state index is 0.138. The maximum atomic E-state index is 12.8. The van der Waals surface area contributed by atoms with Gasteiger partial charge in [0.1, 0.15) is 6.54 Å². The van der Waals surface area contributed by atoms with E-state index >= 15 is 0 Å². The number of hydrogen-bond donors (Lipinski definition) is 0. The fraction of sp³-hybridized carbons (Fsp3) is 0.250. The first-order valence-electron chi connectivity index (χ1n) is 9.12. The maximum Gasteiger partial charge on any atom is 0.326 e. The summed E-state index contributed by atoms with van der Waals surface area (Å²) in [5.74, 6) is -0.283. The molecular formula is C20H19N3O7S. The van der Waals surface area contributed by atoms with E-state index in [9.17, 15) is 19.7 Å². The standard InChI is InChI=1S/C20H19N3O7S/c1-4-30-18(24)11-22-14-10-13(23(26)27)6-8-17(14)31-20(22)21-19(25)12-5-7-15(28-2)16(9-12)29-3/h5-10H,4,11H2,1-3H3. The molecule has 11 heteroatoms. The number of nitro groups is 1. The second kappa shape index (κ2) is 9.39. The third-order valence-electron chi connectivity index (χ3n) is 4.30. The fourth-order valence-corrected chi connectivity index (χ4v) is 3.87. The number of carbonyl (C=O) groups is 2. The van der Waals surface area contributed by atoms with Crippen LogP contribution in [0, 0.1) is 10.1 Å². The molecule has 3 rings (SSSR count). The van der Waals surface area contributed by atoms with Gasteiger partial charge in [-0.2, -0.15) is 4.99 Å². The van der Waals surface area contributed by atoms with E-state index in [1.54, 1.807) is 25.1 Å². The van der Waals surface area contributed by atoms with Gasteiger partial charge in [0.2, 0.25) is 0 Å². The predicted octanol–water partition coefficient (Wildman–Crippen LogP) is 2.93. The molecule has 0 fully saturated rings. The van der Waals surface area contributed by atoms with Gasteiger partial charge in [0.05, 0.1) is 36.0 Å². The Bertz CT molecular complexity index is 1230. The molecule has 10 nitrogen and oxygen atoms in total. The van der Waals surface area contributed by atoms with Crippen LogP contribution in [0.3, 0.4) is 0 Å². The molecule has 31 heavy (non-hydrogen) atoms. The molecular weight excluding hydrogens is 426 g/mol. The maximum absolute atomic E-state index is 12.8. The van der Waals surface area contributed by atoms with Crippen molar-refractivity contribution in [1.82, 2.24) is 4.57 Å². The van der Waals surface area contributed by atoms with Crippen LogP contribution in [0.25, 0.3) is 10.2 Å². The van der Waals surface area contributed by atoms with E-state index in [1.165, 1.54) is 37.0 Å². The van der Waals surface area contributed by atoms with Crippen molar-refractivity contribution in [2.45, 2.75) is 13.5 Å². The lowest BCUT2D eigenvalue weighted by Gasteiger charge is -2.08. The van der Waals surface area contributed by atoms with Gasteiger partial charge in [-0.05, 0) is 31.2 Å². The van der Waals surface area contributed by atoms with Gasteiger partial charge in [-0.3, -0.25) is 19.7 Å². The van der Waals surface area contributed by atoms with Gasteiger partial charge in [-0.15, -0.1) is 0 Å². The highest BCUT2D eigenvalue weighted by molar-refractivity contribution is 7.16. The van der Waals surface area contributed by atoms with Crippen LogP contribution in [0.4, 0.5) is 5.69 Å². The van der Waals surface area contributed by atoms with E-state index in [1.807, 2.05) is 0 Å². The lowest BCUT2D eigenvalue weighted by atomic mass is 10.2. The summed E-state index contributed by atoms with van der Waals surface area (Å²) >= 11 is 1.13. The molecule has 0 saturated heterocycles. The molecule has 1 heterocycles. The molecule has 0 N–H and O–H groups in total. The summed E-state index contributed by atoms with van der Waals surface area (Å²) in [5.41, 5.74) is 0.524. The van der Waals surface area contributed by atoms with E-state index in [0.717, 1.165) is 11.3 Å². The van der Waals surface area contributed by atoms with E-state index in [2.05, 4.69) is 4.99 Å². The summed E-state index contributed by atoms with van der Waals surface area (Å²) in [7, 11) is 2.94. The number of amides is 1. The van der Waals surface area contributed by atoms with Crippen LogP contribution in [0.2, 0.25) is 0 Å². The second-order valence-corrected chi connectivity index (χ2v) is 7.18. The highest BCUT2D eigenvalue weighted by atomic mass is 32.1. The average Bonchev–Trinajstić information content (AvgIpc) is 3.09. The molecule has 0 saturated carbocycles. The molecule has 0 atom stereocenters. The monoisotopic (exact) mass is 445 g/mol. The molecule has 0 aliphatic rings. The molecule has 1 amide bonds. The molecule has 0 unspecified atom stereocenters. The largest absolute Gasteiger partial charge is 0.493 e. The Hall–Kier alpha value is -3.73. The van der Waals surface area contributed by atoms with Gasteiger partial charge in [0.15, 0.2) is 16.3 Å². The van der Waals surface area contributed by atoms with E-state index in [-0.39, 0.29) is 29.2 Å². The first-order valence-corrected chi connectivity index (χ1v) is 9.94.